The largest absolute Gasteiger partial charge is 0.367 e. The summed E-state index contributed by atoms with van der Waals surface area (Å²) < 4.78 is 28.2. The fourth-order valence-corrected chi connectivity index (χ4v) is 4.60. The normalized spacial score (nSPS) is 16.0. The van der Waals surface area contributed by atoms with E-state index in [4.69, 9.17) is 23.2 Å². The molecule has 0 amide bonds. The molecule has 0 radical (unpaired) electrons. The second-order valence-corrected chi connectivity index (χ2v) is 8.48. The summed E-state index contributed by atoms with van der Waals surface area (Å²) >= 11 is 12.0. The molecule has 8 heteroatoms. The maximum atomic E-state index is 12.8. The number of halogens is 2. The van der Waals surface area contributed by atoms with Crippen LogP contribution < -0.4 is 9.62 Å². The number of benzene rings is 2. The minimum absolute atomic E-state index is 0.0325. The van der Waals surface area contributed by atoms with Crippen LogP contribution in [-0.4, -0.2) is 46.5 Å². The quantitative estimate of drug-likeness (QED) is 0.853. The third-order valence-corrected chi connectivity index (χ3v) is 6.26. The Morgan fingerprint density at radius 1 is 1.00 bits per heavy atom. The molecular weight excluding hydrogens is 381 g/mol. The maximum Gasteiger partial charge on any atom is 0.263 e. The van der Waals surface area contributed by atoms with E-state index >= 15 is 0 Å². The smallest absolute Gasteiger partial charge is 0.263 e. The molecule has 134 valence electrons. The van der Waals surface area contributed by atoms with E-state index in [1.807, 2.05) is 12.1 Å². The summed E-state index contributed by atoms with van der Waals surface area (Å²) in [5, 5.41) is 0.450. The highest BCUT2D eigenvalue weighted by Gasteiger charge is 2.22. The Morgan fingerprint density at radius 3 is 2.40 bits per heavy atom. The van der Waals surface area contributed by atoms with Gasteiger partial charge in [-0.2, -0.15) is 0 Å². The summed E-state index contributed by atoms with van der Waals surface area (Å²) in [7, 11) is -1.77. The van der Waals surface area contributed by atoms with Crippen molar-refractivity contribution in [2.75, 3.05) is 42.8 Å². The summed E-state index contributed by atoms with van der Waals surface area (Å²) in [6.07, 6.45) is 0. The first-order valence-electron chi connectivity index (χ1n) is 7.87. The van der Waals surface area contributed by atoms with Crippen molar-refractivity contribution in [1.82, 2.24) is 4.90 Å². The van der Waals surface area contributed by atoms with E-state index in [1.165, 1.54) is 12.1 Å². The number of nitrogens with one attached hydrogen (secondary N) is 1. The lowest BCUT2D eigenvalue weighted by atomic mass is 10.2. The third kappa shape index (κ3) is 4.20. The van der Waals surface area contributed by atoms with E-state index in [-0.39, 0.29) is 9.92 Å². The van der Waals surface area contributed by atoms with Gasteiger partial charge in [-0.3, -0.25) is 4.72 Å². The van der Waals surface area contributed by atoms with Gasteiger partial charge < -0.3 is 9.80 Å². The molecule has 1 saturated heterocycles. The zero-order valence-electron chi connectivity index (χ0n) is 13.7. The summed E-state index contributed by atoms with van der Waals surface area (Å²) in [5.74, 6) is 0. The summed E-state index contributed by atoms with van der Waals surface area (Å²) in [6.45, 7) is 3.54. The molecule has 0 bridgehead atoms. The molecule has 0 aromatic heterocycles. The fraction of sp³-hybridized carbons (Fsp3) is 0.294. The molecule has 5 nitrogen and oxygen atoms in total. The average Bonchev–Trinajstić information content (AvgIpc) is 2.58. The van der Waals surface area contributed by atoms with Gasteiger partial charge in [0.1, 0.15) is 4.90 Å². The van der Waals surface area contributed by atoms with Gasteiger partial charge in [0.2, 0.25) is 0 Å². The Labute approximate surface area is 158 Å². The molecule has 1 aliphatic heterocycles. The standard InChI is InChI=1S/C17H19Cl2N3O2S/c1-21-8-10-22(11-9-21)16-5-3-2-4-15(16)20-25(23,24)17-12-13(18)6-7-14(17)19/h2-7,12,20H,8-11H2,1H3. The van der Waals surface area contributed by atoms with Gasteiger partial charge >= 0.3 is 0 Å². The van der Waals surface area contributed by atoms with Crippen LogP contribution in [0.1, 0.15) is 0 Å². The zero-order chi connectivity index (χ0) is 18.0. The highest BCUT2D eigenvalue weighted by atomic mass is 35.5. The van der Waals surface area contributed by atoms with E-state index in [9.17, 15) is 8.42 Å². The van der Waals surface area contributed by atoms with Gasteiger partial charge in [0.25, 0.3) is 10.0 Å². The number of piperazine rings is 1. The van der Waals surface area contributed by atoms with Gasteiger partial charge in [-0.25, -0.2) is 8.42 Å². The third-order valence-electron chi connectivity index (χ3n) is 4.18. The van der Waals surface area contributed by atoms with Gasteiger partial charge in [0.05, 0.1) is 16.4 Å². The van der Waals surface area contributed by atoms with Crippen molar-refractivity contribution in [2.24, 2.45) is 0 Å². The second kappa shape index (κ2) is 7.41. The molecule has 0 saturated carbocycles. The zero-order valence-corrected chi connectivity index (χ0v) is 16.1. The second-order valence-electron chi connectivity index (χ2n) is 5.99. The van der Waals surface area contributed by atoms with Crippen molar-refractivity contribution in [3.8, 4) is 0 Å². The fourth-order valence-electron chi connectivity index (χ4n) is 2.77. The van der Waals surface area contributed by atoms with Gasteiger partial charge in [0, 0.05) is 31.2 Å². The predicted octanol–water partition coefficient (Wildman–Crippen LogP) is 3.55. The lowest BCUT2D eigenvalue weighted by molar-refractivity contribution is 0.313. The molecule has 25 heavy (non-hydrogen) atoms. The van der Waals surface area contributed by atoms with Gasteiger partial charge in [-0.15, -0.1) is 0 Å². The van der Waals surface area contributed by atoms with E-state index < -0.39 is 10.0 Å². The molecule has 2 aromatic carbocycles. The first-order valence-corrected chi connectivity index (χ1v) is 10.1. The Kier molecular flexibility index (Phi) is 5.43. The van der Waals surface area contributed by atoms with Gasteiger partial charge in [-0.1, -0.05) is 35.3 Å². The number of likely N-dealkylation sites (N-methyl/N-ethyl adjacent to an activating group) is 1. The van der Waals surface area contributed by atoms with E-state index in [2.05, 4.69) is 21.6 Å². The molecule has 1 heterocycles. The number of nitrogens with zero attached hydrogens (tertiary/aromatic N) is 2. The topological polar surface area (TPSA) is 52.6 Å². The molecule has 1 N–H and O–H groups in total. The van der Waals surface area contributed by atoms with Crippen LogP contribution in [-0.2, 0) is 10.0 Å². The van der Waals surface area contributed by atoms with Crippen LogP contribution in [0, 0.1) is 0 Å². The highest BCUT2D eigenvalue weighted by Crippen LogP contribution is 2.31. The number of hydrogen-bond acceptors (Lipinski definition) is 4. The molecule has 3 rings (SSSR count). The van der Waals surface area contributed by atoms with Crippen LogP contribution in [0.15, 0.2) is 47.4 Å². The lowest BCUT2D eigenvalue weighted by Gasteiger charge is -2.35. The molecular formula is C17H19Cl2N3O2S. The Hall–Kier alpha value is -1.47. The van der Waals surface area contributed by atoms with Crippen molar-refractivity contribution in [1.29, 1.82) is 0 Å². The van der Waals surface area contributed by atoms with Crippen molar-refractivity contribution < 1.29 is 8.42 Å². The summed E-state index contributed by atoms with van der Waals surface area (Å²) in [5.41, 5.74) is 1.39. The SMILES string of the molecule is CN1CCN(c2ccccc2NS(=O)(=O)c2cc(Cl)ccc2Cl)CC1. The molecule has 1 fully saturated rings. The predicted molar refractivity (Wildman–Crippen MR) is 103 cm³/mol. The van der Waals surface area contributed by atoms with Crippen LogP contribution in [0.2, 0.25) is 10.0 Å². The molecule has 1 aliphatic rings. The molecule has 2 aromatic rings. The van der Waals surface area contributed by atoms with Crippen LogP contribution >= 0.6 is 23.2 Å². The number of sulfonamides is 1. The molecule has 0 atom stereocenters. The Morgan fingerprint density at radius 2 is 1.68 bits per heavy atom. The van der Waals surface area contributed by atoms with Gasteiger partial charge in [0.15, 0.2) is 0 Å². The Balaban J connectivity index is 1.91. The lowest BCUT2D eigenvalue weighted by Crippen LogP contribution is -2.44. The van der Waals surface area contributed by atoms with Crippen LogP contribution in [0.3, 0.4) is 0 Å². The van der Waals surface area contributed by atoms with E-state index in [0.717, 1.165) is 31.9 Å². The number of para-hydroxylation sites is 2. The highest BCUT2D eigenvalue weighted by molar-refractivity contribution is 7.92. The van der Waals surface area contributed by atoms with Crippen molar-refractivity contribution in [3.05, 3.63) is 52.5 Å². The van der Waals surface area contributed by atoms with Crippen LogP contribution in [0.5, 0.6) is 0 Å². The first-order chi connectivity index (χ1) is 11.9. The van der Waals surface area contributed by atoms with E-state index in [0.29, 0.717) is 10.7 Å². The number of anilines is 2. The minimum Gasteiger partial charge on any atom is -0.367 e. The van der Waals surface area contributed by atoms with Gasteiger partial charge in [-0.05, 0) is 37.4 Å². The average molecular weight is 400 g/mol. The monoisotopic (exact) mass is 399 g/mol. The molecule has 0 unspecified atom stereocenters. The number of rotatable bonds is 4. The first kappa shape index (κ1) is 18.3. The Bertz CT molecular complexity index is 866. The van der Waals surface area contributed by atoms with Crippen LogP contribution in [0.25, 0.3) is 0 Å². The molecule has 0 aliphatic carbocycles. The molecule has 0 spiro atoms. The summed E-state index contributed by atoms with van der Waals surface area (Å²) in [6, 6.07) is 11.8. The maximum absolute atomic E-state index is 12.8. The minimum atomic E-state index is -3.84. The van der Waals surface area contributed by atoms with Crippen molar-refractivity contribution in [2.45, 2.75) is 4.90 Å². The van der Waals surface area contributed by atoms with E-state index in [1.54, 1.807) is 18.2 Å². The van der Waals surface area contributed by atoms with Crippen LogP contribution in [0.4, 0.5) is 11.4 Å². The van der Waals surface area contributed by atoms with Crippen molar-refractivity contribution in [3.63, 3.8) is 0 Å². The summed E-state index contributed by atoms with van der Waals surface area (Å²) in [4.78, 5) is 4.39. The van der Waals surface area contributed by atoms with Crippen molar-refractivity contribution >= 4 is 44.6 Å². The number of hydrogen-bond donors (Lipinski definition) is 1.